The van der Waals surface area contributed by atoms with E-state index in [1.54, 1.807) is 0 Å². The second-order valence-electron chi connectivity index (χ2n) is 5.72. The molecule has 0 radical (unpaired) electrons. The molecule has 4 aromatic rings. The zero-order chi connectivity index (χ0) is 16.5. The topological polar surface area (TPSA) is 63.8 Å². The summed E-state index contributed by atoms with van der Waals surface area (Å²) in [6.45, 7) is 4.17. The van der Waals surface area contributed by atoms with Gasteiger partial charge < -0.3 is 9.84 Å². The highest BCUT2D eigenvalue weighted by Gasteiger charge is 2.16. The van der Waals surface area contributed by atoms with Crippen molar-refractivity contribution in [2.75, 3.05) is 5.32 Å². The molecule has 118 valence electrons. The molecule has 0 saturated carbocycles. The molecule has 5 heteroatoms. The Morgan fingerprint density at radius 3 is 2.54 bits per heavy atom. The molecule has 0 aliphatic carbocycles. The summed E-state index contributed by atoms with van der Waals surface area (Å²) in [6, 6.07) is 16.0. The lowest BCUT2D eigenvalue weighted by Crippen LogP contribution is -1.96. The van der Waals surface area contributed by atoms with E-state index in [2.05, 4.69) is 46.4 Å². The Bertz CT molecular complexity index is 1010. The van der Waals surface area contributed by atoms with Gasteiger partial charge in [-0.05, 0) is 37.1 Å². The van der Waals surface area contributed by atoms with Crippen molar-refractivity contribution in [1.82, 2.24) is 15.1 Å². The summed E-state index contributed by atoms with van der Waals surface area (Å²) >= 11 is 0. The van der Waals surface area contributed by atoms with Crippen molar-refractivity contribution in [1.29, 1.82) is 0 Å². The normalized spacial score (nSPS) is 10.9. The van der Waals surface area contributed by atoms with E-state index < -0.39 is 0 Å². The average molecular weight is 316 g/mol. The molecule has 0 saturated heterocycles. The van der Waals surface area contributed by atoms with Crippen LogP contribution in [0, 0.1) is 13.8 Å². The van der Waals surface area contributed by atoms with Crippen molar-refractivity contribution in [3.05, 3.63) is 66.0 Å². The highest BCUT2D eigenvalue weighted by Crippen LogP contribution is 2.30. The second kappa shape index (κ2) is 5.77. The van der Waals surface area contributed by atoms with Gasteiger partial charge in [-0.1, -0.05) is 41.6 Å². The number of aryl methyl sites for hydroxylation is 2. The summed E-state index contributed by atoms with van der Waals surface area (Å²) in [5, 5.41) is 7.48. The molecule has 0 unspecified atom stereocenters. The molecule has 0 bridgehead atoms. The minimum absolute atomic E-state index is 0.551. The smallest absolute Gasteiger partial charge is 0.228 e. The number of aromatic nitrogens is 3. The van der Waals surface area contributed by atoms with Gasteiger partial charge in [-0.3, -0.25) is 0 Å². The number of benzene rings is 2. The standard InChI is InChI=1S/C19H16N4O/c1-12-8-9-15(10-13(12)2)22-19-18-17(20-11-21-19)16(23-24-18)14-6-4-3-5-7-14/h3-11H,1-2H3,(H,20,21,22). The molecule has 4 rings (SSSR count). The van der Waals surface area contributed by atoms with Crippen molar-refractivity contribution in [3.63, 3.8) is 0 Å². The third-order valence-corrected chi connectivity index (χ3v) is 4.07. The number of hydrogen-bond donors (Lipinski definition) is 1. The first-order valence-corrected chi connectivity index (χ1v) is 7.72. The lowest BCUT2D eigenvalue weighted by atomic mass is 10.1. The van der Waals surface area contributed by atoms with Crippen molar-refractivity contribution in [3.8, 4) is 11.3 Å². The monoisotopic (exact) mass is 316 g/mol. The molecular weight excluding hydrogens is 300 g/mol. The maximum absolute atomic E-state index is 5.52. The van der Waals surface area contributed by atoms with Crippen LogP contribution in [0.3, 0.4) is 0 Å². The number of nitrogens with one attached hydrogen (secondary N) is 1. The van der Waals surface area contributed by atoms with E-state index in [-0.39, 0.29) is 0 Å². The zero-order valence-electron chi connectivity index (χ0n) is 13.4. The predicted molar refractivity (Wildman–Crippen MR) is 94.2 cm³/mol. The van der Waals surface area contributed by atoms with Crippen molar-refractivity contribution in [2.24, 2.45) is 0 Å². The van der Waals surface area contributed by atoms with E-state index in [0.29, 0.717) is 16.9 Å². The Hall–Kier alpha value is -3.21. The fraction of sp³-hybridized carbons (Fsp3) is 0.105. The minimum Gasteiger partial charge on any atom is -0.350 e. The van der Waals surface area contributed by atoms with Crippen LogP contribution in [-0.2, 0) is 0 Å². The van der Waals surface area contributed by atoms with E-state index in [9.17, 15) is 0 Å². The molecule has 0 aliphatic rings. The van der Waals surface area contributed by atoms with Gasteiger partial charge in [0.25, 0.3) is 0 Å². The van der Waals surface area contributed by atoms with E-state index in [0.717, 1.165) is 16.9 Å². The predicted octanol–water partition coefficient (Wildman–Crippen LogP) is 4.65. The van der Waals surface area contributed by atoms with Gasteiger partial charge in [0.15, 0.2) is 5.82 Å². The number of nitrogens with zero attached hydrogens (tertiary/aromatic N) is 3. The third kappa shape index (κ3) is 2.50. The molecule has 0 spiro atoms. The summed E-state index contributed by atoms with van der Waals surface area (Å²) in [7, 11) is 0. The van der Waals surface area contributed by atoms with Crippen LogP contribution in [0.15, 0.2) is 59.4 Å². The fourth-order valence-corrected chi connectivity index (χ4v) is 2.59. The lowest BCUT2D eigenvalue weighted by Gasteiger charge is -2.07. The maximum atomic E-state index is 5.52. The van der Waals surface area contributed by atoms with Gasteiger partial charge in [0.05, 0.1) is 0 Å². The van der Waals surface area contributed by atoms with Crippen molar-refractivity contribution >= 4 is 22.6 Å². The molecule has 0 atom stereocenters. The first-order valence-electron chi connectivity index (χ1n) is 7.72. The number of hydrogen-bond acceptors (Lipinski definition) is 5. The Labute approximate surface area is 139 Å². The van der Waals surface area contributed by atoms with Crippen LogP contribution < -0.4 is 5.32 Å². The van der Waals surface area contributed by atoms with Crippen LogP contribution in [-0.4, -0.2) is 15.1 Å². The SMILES string of the molecule is Cc1ccc(Nc2ncnc3c(-c4ccccc4)noc23)cc1C. The number of anilines is 2. The molecule has 24 heavy (non-hydrogen) atoms. The molecule has 0 aliphatic heterocycles. The molecule has 2 aromatic carbocycles. The first-order chi connectivity index (χ1) is 11.7. The van der Waals surface area contributed by atoms with Crippen LogP contribution in [0.5, 0.6) is 0 Å². The first kappa shape index (κ1) is 14.4. The molecule has 2 heterocycles. The Morgan fingerprint density at radius 2 is 1.75 bits per heavy atom. The van der Waals surface area contributed by atoms with Crippen molar-refractivity contribution < 1.29 is 4.52 Å². The summed E-state index contributed by atoms with van der Waals surface area (Å²) in [4.78, 5) is 8.65. The van der Waals surface area contributed by atoms with Gasteiger partial charge in [-0.2, -0.15) is 0 Å². The van der Waals surface area contributed by atoms with Gasteiger partial charge in [-0.15, -0.1) is 0 Å². The summed E-state index contributed by atoms with van der Waals surface area (Å²) in [5.74, 6) is 0.609. The number of fused-ring (bicyclic) bond motifs is 1. The van der Waals surface area contributed by atoms with E-state index >= 15 is 0 Å². The van der Waals surface area contributed by atoms with Gasteiger partial charge in [-0.25, -0.2) is 9.97 Å². The lowest BCUT2D eigenvalue weighted by molar-refractivity contribution is 0.459. The van der Waals surface area contributed by atoms with Gasteiger partial charge >= 0.3 is 0 Å². The summed E-state index contributed by atoms with van der Waals surface area (Å²) in [6.07, 6.45) is 1.52. The van der Waals surface area contributed by atoms with Gasteiger partial charge in [0.2, 0.25) is 5.58 Å². The van der Waals surface area contributed by atoms with Crippen LogP contribution in [0.4, 0.5) is 11.5 Å². The van der Waals surface area contributed by atoms with E-state index in [1.807, 2.05) is 36.4 Å². The third-order valence-electron chi connectivity index (χ3n) is 4.07. The van der Waals surface area contributed by atoms with E-state index in [4.69, 9.17) is 4.52 Å². The second-order valence-corrected chi connectivity index (χ2v) is 5.72. The van der Waals surface area contributed by atoms with Crippen LogP contribution >= 0.6 is 0 Å². The number of rotatable bonds is 3. The van der Waals surface area contributed by atoms with Crippen LogP contribution in [0.25, 0.3) is 22.4 Å². The summed E-state index contributed by atoms with van der Waals surface area (Å²) < 4.78 is 5.52. The fourth-order valence-electron chi connectivity index (χ4n) is 2.59. The molecule has 1 N–H and O–H groups in total. The molecule has 5 nitrogen and oxygen atoms in total. The zero-order valence-corrected chi connectivity index (χ0v) is 13.4. The molecule has 0 amide bonds. The average Bonchev–Trinajstić information content (AvgIpc) is 3.04. The highest BCUT2D eigenvalue weighted by atomic mass is 16.5. The van der Waals surface area contributed by atoms with Crippen LogP contribution in [0.1, 0.15) is 11.1 Å². The molecule has 2 aromatic heterocycles. The van der Waals surface area contributed by atoms with Crippen LogP contribution in [0.2, 0.25) is 0 Å². The maximum Gasteiger partial charge on any atom is 0.228 e. The largest absolute Gasteiger partial charge is 0.350 e. The Kier molecular flexibility index (Phi) is 3.46. The minimum atomic E-state index is 0.551. The molecule has 0 fully saturated rings. The Morgan fingerprint density at radius 1 is 0.917 bits per heavy atom. The van der Waals surface area contributed by atoms with Crippen molar-refractivity contribution in [2.45, 2.75) is 13.8 Å². The highest BCUT2D eigenvalue weighted by molar-refractivity contribution is 5.94. The quantitative estimate of drug-likeness (QED) is 0.596. The van der Waals surface area contributed by atoms with Gasteiger partial charge in [0, 0.05) is 11.3 Å². The molecular formula is C19H16N4O. The Balaban J connectivity index is 1.77. The van der Waals surface area contributed by atoms with E-state index in [1.165, 1.54) is 17.5 Å². The summed E-state index contributed by atoms with van der Waals surface area (Å²) in [5.41, 5.74) is 6.35. The van der Waals surface area contributed by atoms with Gasteiger partial charge in [0.1, 0.15) is 17.5 Å².